The molecule has 3 heteroatoms. The molecular weight excluding hydrogens is 264 g/mol. The van der Waals surface area contributed by atoms with E-state index in [9.17, 15) is 9.59 Å². The maximum atomic E-state index is 11.2. The smallest absolute Gasteiger partial charge is 0.342 e. The van der Waals surface area contributed by atoms with Crippen LogP contribution in [0.5, 0.6) is 0 Å². The molecule has 0 aromatic rings. The lowest BCUT2D eigenvalue weighted by Crippen LogP contribution is -2.01. The Bertz CT molecular complexity index is 369. The van der Waals surface area contributed by atoms with Crippen LogP contribution in [-0.4, -0.2) is 11.9 Å². The second kappa shape index (κ2) is 11.3. The van der Waals surface area contributed by atoms with Gasteiger partial charge in [-0.1, -0.05) is 57.4 Å². The molecule has 0 fully saturated rings. The number of hydrogen-bond donors (Lipinski definition) is 0. The average molecular weight is 292 g/mol. The Morgan fingerprint density at radius 3 is 1.86 bits per heavy atom. The third kappa shape index (κ3) is 8.49. The maximum absolute atomic E-state index is 11.2. The first-order chi connectivity index (χ1) is 10.2. The minimum Gasteiger partial charge on any atom is -0.386 e. The van der Waals surface area contributed by atoms with Crippen molar-refractivity contribution in [3.05, 3.63) is 24.3 Å². The Balaban J connectivity index is 1.83. The third-order valence-corrected chi connectivity index (χ3v) is 3.85. The summed E-state index contributed by atoms with van der Waals surface area (Å²) in [4.78, 5) is 22.1. The molecule has 0 atom stereocenters. The molecule has 1 aliphatic heterocycles. The van der Waals surface area contributed by atoms with E-state index in [1.807, 2.05) is 6.08 Å². The van der Waals surface area contributed by atoms with Gasteiger partial charge in [0, 0.05) is 11.6 Å². The Labute approximate surface area is 128 Å². The number of cyclic esters (lactones) is 2. The lowest BCUT2D eigenvalue weighted by atomic mass is 10.0. The Kier molecular flexibility index (Phi) is 9.51. The Morgan fingerprint density at radius 2 is 1.38 bits per heavy atom. The molecule has 21 heavy (non-hydrogen) atoms. The highest BCUT2D eigenvalue weighted by molar-refractivity contribution is 6.08. The highest BCUT2D eigenvalue weighted by Gasteiger charge is 2.22. The molecule has 118 valence electrons. The third-order valence-electron chi connectivity index (χ3n) is 3.85. The summed E-state index contributed by atoms with van der Waals surface area (Å²) in [5, 5.41) is 0. The van der Waals surface area contributed by atoms with Crippen LogP contribution >= 0.6 is 0 Å². The van der Waals surface area contributed by atoms with Crippen molar-refractivity contribution in [1.29, 1.82) is 0 Å². The van der Waals surface area contributed by atoms with Crippen molar-refractivity contribution in [3.63, 3.8) is 0 Å². The summed E-state index contributed by atoms with van der Waals surface area (Å²) in [7, 11) is 0. The van der Waals surface area contributed by atoms with Gasteiger partial charge in [-0.3, -0.25) is 0 Å². The van der Waals surface area contributed by atoms with Crippen molar-refractivity contribution in [2.24, 2.45) is 0 Å². The number of ether oxygens (including phenoxy) is 1. The number of hydrogen-bond acceptors (Lipinski definition) is 3. The molecule has 1 heterocycles. The largest absolute Gasteiger partial charge is 0.386 e. The summed E-state index contributed by atoms with van der Waals surface area (Å²) in [6.45, 7) is 3.73. The van der Waals surface area contributed by atoms with Gasteiger partial charge >= 0.3 is 11.9 Å². The van der Waals surface area contributed by atoms with E-state index >= 15 is 0 Å². The molecule has 0 saturated carbocycles. The zero-order valence-corrected chi connectivity index (χ0v) is 13.1. The van der Waals surface area contributed by atoms with E-state index in [2.05, 4.69) is 11.3 Å². The molecule has 0 aromatic heterocycles. The van der Waals surface area contributed by atoms with E-state index in [0.29, 0.717) is 12.0 Å². The predicted molar refractivity (Wildman–Crippen MR) is 84.8 cm³/mol. The van der Waals surface area contributed by atoms with Gasteiger partial charge in [-0.2, -0.15) is 0 Å². The zero-order valence-electron chi connectivity index (χ0n) is 13.1. The fourth-order valence-electron chi connectivity index (χ4n) is 2.58. The van der Waals surface area contributed by atoms with Crippen LogP contribution in [0.3, 0.4) is 0 Å². The van der Waals surface area contributed by atoms with Gasteiger partial charge in [0.25, 0.3) is 0 Å². The molecular formula is C18H28O3. The van der Waals surface area contributed by atoms with Crippen LogP contribution in [0.2, 0.25) is 0 Å². The van der Waals surface area contributed by atoms with Gasteiger partial charge in [0.05, 0.1) is 0 Å². The number of carbonyl (C=O) groups excluding carboxylic acids is 2. The first-order valence-electron chi connectivity index (χ1n) is 8.31. The minimum absolute atomic E-state index is 0.448. The summed E-state index contributed by atoms with van der Waals surface area (Å²) < 4.78 is 4.46. The number of allylic oxidation sites excluding steroid dienone is 1. The zero-order chi connectivity index (χ0) is 15.3. The summed E-state index contributed by atoms with van der Waals surface area (Å²) in [6.07, 6.45) is 17.7. The second-order valence-corrected chi connectivity index (χ2v) is 5.74. The van der Waals surface area contributed by atoms with Gasteiger partial charge in [-0.25, -0.2) is 9.59 Å². The number of esters is 2. The van der Waals surface area contributed by atoms with Crippen molar-refractivity contribution in [3.8, 4) is 0 Å². The summed E-state index contributed by atoms with van der Waals surface area (Å²) >= 11 is 0. The molecule has 0 bridgehead atoms. The predicted octanol–water partition coefficient (Wildman–Crippen LogP) is 4.86. The van der Waals surface area contributed by atoms with Gasteiger partial charge < -0.3 is 4.74 Å². The fourth-order valence-corrected chi connectivity index (χ4v) is 2.58. The van der Waals surface area contributed by atoms with Gasteiger partial charge in [0.2, 0.25) is 0 Å². The first kappa shape index (κ1) is 17.7. The first-order valence-corrected chi connectivity index (χ1v) is 8.31. The van der Waals surface area contributed by atoms with E-state index in [-0.39, 0.29) is 0 Å². The van der Waals surface area contributed by atoms with Crippen LogP contribution in [0.25, 0.3) is 0 Å². The standard InChI is InChI=1S/C18H28O3/c1-2-3-4-5-6-7-8-9-10-11-12-13-14-16-15-17(19)21-18(16)20/h2,15H,1,3-14H2. The normalized spacial score (nSPS) is 14.2. The Morgan fingerprint density at radius 1 is 0.857 bits per heavy atom. The van der Waals surface area contributed by atoms with Crippen molar-refractivity contribution in [2.75, 3.05) is 0 Å². The molecule has 0 saturated heterocycles. The van der Waals surface area contributed by atoms with Crippen LogP contribution in [0.15, 0.2) is 24.3 Å². The van der Waals surface area contributed by atoms with Crippen LogP contribution in [-0.2, 0) is 14.3 Å². The molecule has 0 aromatic carbocycles. The number of unbranched alkanes of at least 4 members (excludes halogenated alkanes) is 10. The molecule has 1 aliphatic rings. The van der Waals surface area contributed by atoms with Crippen LogP contribution in [0.1, 0.15) is 77.0 Å². The highest BCUT2D eigenvalue weighted by atomic mass is 16.6. The van der Waals surface area contributed by atoms with Crippen molar-refractivity contribution < 1.29 is 14.3 Å². The summed E-state index contributed by atoms with van der Waals surface area (Å²) in [5.74, 6) is -0.959. The van der Waals surface area contributed by atoms with Gasteiger partial charge in [-0.15, -0.1) is 6.58 Å². The van der Waals surface area contributed by atoms with Crippen molar-refractivity contribution in [2.45, 2.75) is 77.0 Å². The molecule has 0 aliphatic carbocycles. The van der Waals surface area contributed by atoms with Gasteiger partial charge in [0.15, 0.2) is 0 Å². The topological polar surface area (TPSA) is 43.4 Å². The quantitative estimate of drug-likeness (QED) is 0.211. The molecule has 1 rings (SSSR count). The van der Waals surface area contributed by atoms with Crippen molar-refractivity contribution >= 4 is 11.9 Å². The molecule has 0 amide bonds. The summed E-state index contributed by atoms with van der Waals surface area (Å²) in [5.41, 5.74) is 0.541. The molecule has 0 spiro atoms. The van der Waals surface area contributed by atoms with Crippen molar-refractivity contribution in [1.82, 2.24) is 0 Å². The average Bonchev–Trinajstić information content (AvgIpc) is 2.78. The second-order valence-electron chi connectivity index (χ2n) is 5.74. The fraction of sp³-hybridized carbons (Fsp3) is 0.667. The number of rotatable bonds is 13. The monoisotopic (exact) mass is 292 g/mol. The van der Waals surface area contributed by atoms with Crippen LogP contribution in [0.4, 0.5) is 0 Å². The minimum atomic E-state index is -0.511. The Hall–Kier alpha value is -1.38. The number of carbonyl (C=O) groups is 2. The lowest BCUT2D eigenvalue weighted by molar-refractivity contribution is -0.150. The highest BCUT2D eigenvalue weighted by Crippen LogP contribution is 2.17. The molecule has 0 N–H and O–H groups in total. The van der Waals surface area contributed by atoms with E-state index in [4.69, 9.17) is 0 Å². The summed E-state index contributed by atoms with van der Waals surface area (Å²) in [6, 6.07) is 0. The maximum Gasteiger partial charge on any atom is 0.342 e. The van der Waals surface area contributed by atoms with E-state index in [0.717, 1.165) is 19.3 Å². The van der Waals surface area contributed by atoms with Crippen LogP contribution < -0.4 is 0 Å². The van der Waals surface area contributed by atoms with Gasteiger partial charge in [0.1, 0.15) is 0 Å². The SMILES string of the molecule is C=CCCCCCCCCCCCCC1=CC(=O)OC1=O. The van der Waals surface area contributed by atoms with Gasteiger partial charge in [-0.05, 0) is 25.7 Å². The molecule has 0 radical (unpaired) electrons. The van der Waals surface area contributed by atoms with E-state index < -0.39 is 11.9 Å². The van der Waals surface area contributed by atoms with E-state index in [1.54, 1.807) is 0 Å². The van der Waals surface area contributed by atoms with E-state index in [1.165, 1.54) is 57.4 Å². The molecule has 0 unspecified atom stereocenters. The molecule has 3 nitrogen and oxygen atoms in total. The van der Waals surface area contributed by atoms with Crippen LogP contribution in [0, 0.1) is 0 Å². The lowest BCUT2D eigenvalue weighted by Gasteiger charge is -2.02.